The minimum Gasteiger partial charge on any atom is -0.497 e. The summed E-state index contributed by atoms with van der Waals surface area (Å²) in [5.74, 6) is 0.105. The van der Waals surface area contributed by atoms with E-state index in [1.807, 2.05) is 45.9 Å². The van der Waals surface area contributed by atoms with Crippen molar-refractivity contribution in [2.75, 3.05) is 12.4 Å². The first-order valence-corrected chi connectivity index (χ1v) is 8.65. The Morgan fingerprint density at radius 2 is 1.65 bits per heavy atom. The van der Waals surface area contributed by atoms with Crippen molar-refractivity contribution >= 4 is 17.5 Å². The van der Waals surface area contributed by atoms with Gasteiger partial charge < -0.3 is 15.4 Å². The third-order valence-electron chi connectivity index (χ3n) is 4.23. The van der Waals surface area contributed by atoms with E-state index in [1.54, 1.807) is 31.4 Å². The number of aryl methyl sites for hydroxylation is 2. The molecule has 2 amide bonds. The molecule has 1 atom stereocenters. The lowest BCUT2D eigenvalue weighted by molar-refractivity contribution is -0.118. The van der Waals surface area contributed by atoms with E-state index < -0.39 is 6.04 Å². The van der Waals surface area contributed by atoms with Crippen LogP contribution in [0.25, 0.3) is 0 Å². The van der Waals surface area contributed by atoms with E-state index in [4.69, 9.17) is 4.74 Å². The first kappa shape index (κ1) is 19.5. The molecule has 26 heavy (non-hydrogen) atoms. The molecule has 0 heterocycles. The van der Waals surface area contributed by atoms with Crippen molar-refractivity contribution in [3.63, 3.8) is 0 Å². The fourth-order valence-electron chi connectivity index (χ4n) is 2.67. The van der Waals surface area contributed by atoms with Crippen LogP contribution in [0.2, 0.25) is 0 Å². The van der Waals surface area contributed by atoms with Gasteiger partial charge in [-0.3, -0.25) is 9.59 Å². The zero-order valence-corrected chi connectivity index (χ0v) is 15.9. The van der Waals surface area contributed by atoms with E-state index in [2.05, 4.69) is 10.6 Å². The summed E-state index contributed by atoms with van der Waals surface area (Å²) in [6.45, 7) is 7.76. The summed E-state index contributed by atoms with van der Waals surface area (Å²) in [5, 5.41) is 5.75. The van der Waals surface area contributed by atoms with Crippen molar-refractivity contribution in [3.8, 4) is 5.75 Å². The molecule has 2 aromatic rings. The van der Waals surface area contributed by atoms with Crippen LogP contribution in [0.15, 0.2) is 42.5 Å². The highest BCUT2D eigenvalue weighted by Gasteiger charge is 2.25. The molecule has 0 saturated carbocycles. The molecule has 0 aliphatic heterocycles. The minimum absolute atomic E-state index is 0.0528. The van der Waals surface area contributed by atoms with Crippen LogP contribution in [0, 0.1) is 19.8 Å². The van der Waals surface area contributed by atoms with Gasteiger partial charge in [-0.15, -0.1) is 0 Å². The Balaban J connectivity index is 2.11. The number of rotatable bonds is 6. The third-order valence-corrected chi connectivity index (χ3v) is 4.23. The lowest BCUT2D eigenvalue weighted by Gasteiger charge is -2.22. The summed E-state index contributed by atoms with van der Waals surface area (Å²) in [7, 11) is 1.57. The number of anilines is 1. The minimum atomic E-state index is -0.634. The maximum absolute atomic E-state index is 12.7. The third kappa shape index (κ3) is 4.85. The van der Waals surface area contributed by atoms with Crippen LogP contribution in [0.4, 0.5) is 5.69 Å². The Morgan fingerprint density at radius 1 is 1.00 bits per heavy atom. The molecule has 0 bridgehead atoms. The van der Waals surface area contributed by atoms with Crippen molar-refractivity contribution in [2.45, 2.75) is 33.7 Å². The van der Waals surface area contributed by atoms with Crippen LogP contribution in [-0.4, -0.2) is 25.0 Å². The fourth-order valence-corrected chi connectivity index (χ4v) is 2.67. The zero-order chi connectivity index (χ0) is 19.3. The van der Waals surface area contributed by atoms with Crippen LogP contribution < -0.4 is 15.4 Å². The van der Waals surface area contributed by atoms with E-state index in [9.17, 15) is 9.59 Å². The lowest BCUT2D eigenvalue weighted by atomic mass is 10.0. The number of benzene rings is 2. The average molecular weight is 354 g/mol. The average Bonchev–Trinajstić information content (AvgIpc) is 2.61. The standard InChI is InChI=1S/C21H26N2O3/c1-13(2)19(21(25)22-18-11-6-14(3)12-15(18)4)23-20(24)16-7-9-17(26-5)10-8-16/h6-13,19H,1-5H3,(H,22,25)(H,23,24). The van der Waals surface area contributed by atoms with Crippen molar-refractivity contribution in [1.82, 2.24) is 5.32 Å². The van der Waals surface area contributed by atoms with Crippen molar-refractivity contribution < 1.29 is 14.3 Å². The predicted octanol–water partition coefficient (Wildman–Crippen LogP) is 3.71. The Bertz CT molecular complexity index is 782. The first-order chi connectivity index (χ1) is 12.3. The van der Waals surface area contributed by atoms with Crippen LogP contribution in [-0.2, 0) is 4.79 Å². The second kappa shape index (κ2) is 8.52. The highest BCUT2D eigenvalue weighted by Crippen LogP contribution is 2.18. The van der Waals surface area contributed by atoms with Gasteiger partial charge in [-0.25, -0.2) is 0 Å². The number of hydrogen-bond acceptors (Lipinski definition) is 3. The van der Waals surface area contributed by atoms with E-state index in [1.165, 1.54) is 0 Å². The second-order valence-electron chi connectivity index (χ2n) is 6.73. The quantitative estimate of drug-likeness (QED) is 0.831. The molecule has 138 valence electrons. The number of carbonyl (C=O) groups is 2. The Kier molecular flexibility index (Phi) is 6.39. The van der Waals surface area contributed by atoms with Gasteiger partial charge in [-0.05, 0) is 55.7 Å². The number of ether oxygens (including phenoxy) is 1. The van der Waals surface area contributed by atoms with Crippen LogP contribution in [0.3, 0.4) is 0 Å². The normalized spacial score (nSPS) is 11.8. The summed E-state index contributed by atoms with van der Waals surface area (Å²) in [6.07, 6.45) is 0. The molecule has 0 aromatic heterocycles. The van der Waals surface area contributed by atoms with Crippen LogP contribution in [0.5, 0.6) is 5.75 Å². The Morgan fingerprint density at radius 3 is 2.19 bits per heavy atom. The summed E-state index contributed by atoms with van der Waals surface area (Å²) >= 11 is 0. The van der Waals surface area contributed by atoms with E-state index >= 15 is 0 Å². The molecule has 2 aromatic carbocycles. The van der Waals surface area contributed by atoms with Gasteiger partial charge in [0.25, 0.3) is 5.91 Å². The fraction of sp³-hybridized carbons (Fsp3) is 0.333. The molecular weight excluding hydrogens is 328 g/mol. The predicted molar refractivity (Wildman–Crippen MR) is 104 cm³/mol. The van der Waals surface area contributed by atoms with Gasteiger partial charge >= 0.3 is 0 Å². The number of methoxy groups -OCH3 is 1. The van der Waals surface area contributed by atoms with Crippen LogP contribution in [0.1, 0.15) is 35.3 Å². The molecule has 5 nitrogen and oxygen atoms in total. The molecule has 0 saturated heterocycles. The number of carbonyl (C=O) groups excluding carboxylic acids is 2. The van der Waals surface area contributed by atoms with Gasteiger partial charge in [0.1, 0.15) is 11.8 Å². The van der Waals surface area contributed by atoms with Gasteiger partial charge in [0.15, 0.2) is 0 Å². The molecule has 2 N–H and O–H groups in total. The largest absolute Gasteiger partial charge is 0.497 e. The number of amides is 2. The topological polar surface area (TPSA) is 67.4 Å². The Labute approximate surface area is 154 Å². The van der Waals surface area contributed by atoms with Gasteiger partial charge in [-0.2, -0.15) is 0 Å². The molecule has 1 unspecified atom stereocenters. The number of nitrogens with one attached hydrogen (secondary N) is 2. The van der Waals surface area contributed by atoms with E-state index in [0.717, 1.165) is 16.8 Å². The highest BCUT2D eigenvalue weighted by atomic mass is 16.5. The van der Waals surface area contributed by atoms with Gasteiger partial charge in [-0.1, -0.05) is 31.5 Å². The van der Waals surface area contributed by atoms with Crippen LogP contribution >= 0.6 is 0 Å². The van der Waals surface area contributed by atoms with Gasteiger partial charge in [0.05, 0.1) is 7.11 Å². The van der Waals surface area contributed by atoms with Crippen molar-refractivity contribution in [2.24, 2.45) is 5.92 Å². The molecule has 0 spiro atoms. The SMILES string of the molecule is COc1ccc(C(=O)NC(C(=O)Nc2ccc(C)cc2C)C(C)C)cc1. The monoisotopic (exact) mass is 354 g/mol. The maximum Gasteiger partial charge on any atom is 0.251 e. The zero-order valence-electron chi connectivity index (χ0n) is 15.9. The van der Waals surface area contributed by atoms with E-state index in [-0.39, 0.29) is 17.7 Å². The molecule has 0 aliphatic rings. The molecule has 2 rings (SSSR count). The van der Waals surface area contributed by atoms with Crippen molar-refractivity contribution in [1.29, 1.82) is 0 Å². The molecule has 0 aliphatic carbocycles. The summed E-state index contributed by atoms with van der Waals surface area (Å²) in [6, 6.07) is 12.0. The first-order valence-electron chi connectivity index (χ1n) is 8.65. The smallest absolute Gasteiger partial charge is 0.251 e. The summed E-state index contributed by atoms with van der Waals surface area (Å²) in [4.78, 5) is 25.2. The molecular formula is C21H26N2O3. The van der Waals surface area contributed by atoms with Crippen molar-refractivity contribution in [3.05, 3.63) is 59.2 Å². The summed E-state index contributed by atoms with van der Waals surface area (Å²) in [5.41, 5.74) is 3.36. The molecule has 0 radical (unpaired) electrons. The highest BCUT2D eigenvalue weighted by molar-refractivity contribution is 6.01. The van der Waals surface area contributed by atoms with E-state index in [0.29, 0.717) is 11.3 Å². The van der Waals surface area contributed by atoms with Gasteiger partial charge in [0.2, 0.25) is 5.91 Å². The molecule has 5 heteroatoms. The molecule has 0 fully saturated rings. The number of hydrogen-bond donors (Lipinski definition) is 2. The summed E-state index contributed by atoms with van der Waals surface area (Å²) < 4.78 is 5.10. The van der Waals surface area contributed by atoms with Gasteiger partial charge in [0, 0.05) is 11.3 Å². The lowest BCUT2D eigenvalue weighted by Crippen LogP contribution is -2.47. The second-order valence-corrected chi connectivity index (χ2v) is 6.73. The maximum atomic E-state index is 12.7. The Hall–Kier alpha value is -2.82.